The molecule has 1 aromatic rings. The van der Waals surface area contributed by atoms with E-state index >= 15 is 0 Å². The van der Waals surface area contributed by atoms with E-state index < -0.39 is 11.7 Å². The molecule has 0 saturated heterocycles. The molecule has 0 aliphatic carbocycles. The third-order valence-corrected chi connectivity index (χ3v) is 3.24. The van der Waals surface area contributed by atoms with Crippen molar-refractivity contribution in [2.75, 3.05) is 17.7 Å². The first-order valence-electron chi connectivity index (χ1n) is 8.19. The molecule has 1 amide bonds. The van der Waals surface area contributed by atoms with Crippen molar-refractivity contribution >= 4 is 17.5 Å². The lowest BCUT2D eigenvalue weighted by atomic mass is 10.1. The fraction of sp³-hybridized carbons (Fsp3) is 0.611. The summed E-state index contributed by atoms with van der Waals surface area (Å²) in [5.74, 6) is 0.601. The van der Waals surface area contributed by atoms with E-state index in [1.165, 1.54) is 12.8 Å². The maximum Gasteiger partial charge on any atom is 0.412 e. The maximum atomic E-state index is 11.9. The van der Waals surface area contributed by atoms with Crippen LogP contribution in [0.5, 0.6) is 5.75 Å². The Morgan fingerprint density at radius 2 is 2.00 bits per heavy atom. The van der Waals surface area contributed by atoms with Crippen molar-refractivity contribution in [3.8, 4) is 5.75 Å². The second kappa shape index (κ2) is 8.65. The third-order valence-electron chi connectivity index (χ3n) is 3.24. The molecule has 0 heterocycles. The van der Waals surface area contributed by atoms with Gasteiger partial charge in [-0.3, -0.25) is 5.32 Å². The van der Waals surface area contributed by atoms with Gasteiger partial charge >= 0.3 is 6.09 Å². The van der Waals surface area contributed by atoms with Crippen LogP contribution in [0.25, 0.3) is 0 Å². The number of nitrogens with one attached hydrogen (secondary N) is 2. The van der Waals surface area contributed by atoms with Crippen LogP contribution in [0.15, 0.2) is 18.2 Å². The molecule has 23 heavy (non-hydrogen) atoms. The lowest BCUT2D eigenvalue weighted by Crippen LogP contribution is -2.27. The van der Waals surface area contributed by atoms with E-state index in [0.717, 1.165) is 12.1 Å². The second-order valence-corrected chi connectivity index (χ2v) is 6.73. The fourth-order valence-corrected chi connectivity index (χ4v) is 2.16. The Labute approximate surface area is 139 Å². The minimum Gasteiger partial charge on any atom is -0.494 e. The van der Waals surface area contributed by atoms with Crippen LogP contribution in [0.3, 0.4) is 0 Å². The van der Waals surface area contributed by atoms with E-state index in [1.54, 1.807) is 7.11 Å². The van der Waals surface area contributed by atoms with Crippen molar-refractivity contribution in [1.29, 1.82) is 0 Å². The predicted molar refractivity (Wildman–Crippen MR) is 95.5 cm³/mol. The van der Waals surface area contributed by atoms with Gasteiger partial charge in [0.2, 0.25) is 0 Å². The molecular formula is C18H30N2O3. The van der Waals surface area contributed by atoms with Crippen molar-refractivity contribution in [2.24, 2.45) is 0 Å². The number of ether oxygens (including phenoxy) is 2. The molecule has 0 spiro atoms. The summed E-state index contributed by atoms with van der Waals surface area (Å²) in [6, 6.07) is 6.02. The van der Waals surface area contributed by atoms with Crippen molar-refractivity contribution in [3.05, 3.63) is 18.2 Å². The zero-order valence-corrected chi connectivity index (χ0v) is 15.2. The Morgan fingerprint density at radius 3 is 2.57 bits per heavy atom. The van der Waals surface area contributed by atoms with E-state index in [1.807, 2.05) is 39.0 Å². The molecule has 1 unspecified atom stereocenters. The highest BCUT2D eigenvalue weighted by molar-refractivity contribution is 5.87. The minimum absolute atomic E-state index is 0.393. The van der Waals surface area contributed by atoms with Crippen LogP contribution in [-0.4, -0.2) is 24.8 Å². The molecule has 0 aliphatic heterocycles. The van der Waals surface area contributed by atoms with Gasteiger partial charge in [0, 0.05) is 17.8 Å². The van der Waals surface area contributed by atoms with Crippen LogP contribution in [0.2, 0.25) is 0 Å². The molecule has 0 saturated carbocycles. The van der Waals surface area contributed by atoms with Gasteiger partial charge in [-0.05, 0) is 46.2 Å². The number of carbonyl (C=O) groups is 1. The number of rotatable bonds is 7. The molecule has 0 aromatic heterocycles. The van der Waals surface area contributed by atoms with Gasteiger partial charge in [0.1, 0.15) is 11.4 Å². The number of benzene rings is 1. The number of amides is 1. The van der Waals surface area contributed by atoms with Crippen LogP contribution in [0, 0.1) is 0 Å². The van der Waals surface area contributed by atoms with Crippen LogP contribution >= 0.6 is 0 Å². The quantitative estimate of drug-likeness (QED) is 0.739. The van der Waals surface area contributed by atoms with Crippen LogP contribution in [0.1, 0.15) is 53.9 Å². The molecule has 130 valence electrons. The largest absolute Gasteiger partial charge is 0.494 e. The number of carbonyl (C=O) groups excluding carboxylic acids is 1. The van der Waals surface area contributed by atoms with Crippen LogP contribution < -0.4 is 15.4 Å². The summed E-state index contributed by atoms with van der Waals surface area (Å²) in [7, 11) is 1.58. The number of hydrogen-bond acceptors (Lipinski definition) is 4. The molecule has 0 bridgehead atoms. The summed E-state index contributed by atoms with van der Waals surface area (Å²) in [4.78, 5) is 11.9. The van der Waals surface area contributed by atoms with E-state index in [-0.39, 0.29) is 0 Å². The summed E-state index contributed by atoms with van der Waals surface area (Å²) in [5, 5.41) is 6.17. The summed E-state index contributed by atoms with van der Waals surface area (Å²) in [5.41, 5.74) is 1.03. The maximum absolute atomic E-state index is 11.9. The standard InChI is InChI=1S/C18H30N2O3/c1-7-8-9-13(2)19-14-10-11-15(16(12-14)22-6)20-17(21)23-18(3,4)5/h10-13,19H,7-9H2,1-6H3,(H,20,21). The van der Waals surface area contributed by atoms with Gasteiger partial charge in [-0.15, -0.1) is 0 Å². The Kier molecular flexibility index (Phi) is 7.20. The molecule has 5 nitrogen and oxygen atoms in total. The first kappa shape index (κ1) is 19.1. The average molecular weight is 322 g/mol. The topological polar surface area (TPSA) is 59.6 Å². The zero-order valence-electron chi connectivity index (χ0n) is 15.2. The smallest absolute Gasteiger partial charge is 0.412 e. The number of anilines is 2. The number of hydrogen-bond donors (Lipinski definition) is 2. The minimum atomic E-state index is -0.534. The van der Waals surface area contributed by atoms with E-state index in [4.69, 9.17) is 9.47 Å². The van der Waals surface area contributed by atoms with Gasteiger partial charge in [0.15, 0.2) is 0 Å². The molecule has 1 aromatic carbocycles. The average Bonchev–Trinajstić information content (AvgIpc) is 2.44. The first-order chi connectivity index (χ1) is 10.7. The molecule has 0 radical (unpaired) electrons. The monoisotopic (exact) mass is 322 g/mol. The summed E-state index contributed by atoms with van der Waals surface area (Å²) < 4.78 is 10.6. The summed E-state index contributed by atoms with van der Waals surface area (Å²) >= 11 is 0. The molecule has 1 rings (SSSR count). The zero-order chi connectivity index (χ0) is 17.5. The van der Waals surface area contributed by atoms with Gasteiger partial charge in [-0.25, -0.2) is 4.79 Å². The van der Waals surface area contributed by atoms with Crippen molar-refractivity contribution in [2.45, 2.75) is 65.5 Å². The van der Waals surface area contributed by atoms with Gasteiger partial charge in [-0.2, -0.15) is 0 Å². The summed E-state index contributed by atoms with van der Waals surface area (Å²) in [6.45, 7) is 9.83. The first-order valence-corrected chi connectivity index (χ1v) is 8.19. The predicted octanol–water partition coefficient (Wildman–Crippen LogP) is 5.03. The molecule has 5 heteroatoms. The van der Waals surface area contributed by atoms with E-state index in [9.17, 15) is 4.79 Å². The van der Waals surface area contributed by atoms with E-state index in [2.05, 4.69) is 24.5 Å². The molecular weight excluding hydrogens is 292 g/mol. The molecule has 0 fully saturated rings. The van der Waals surface area contributed by atoms with E-state index in [0.29, 0.717) is 17.5 Å². The molecule has 1 atom stereocenters. The van der Waals surface area contributed by atoms with Crippen molar-refractivity contribution in [3.63, 3.8) is 0 Å². The lowest BCUT2D eigenvalue weighted by molar-refractivity contribution is 0.0635. The lowest BCUT2D eigenvalue weighted by Gasteiger charge is -2.21. The van der Waals surface area contributed by atoms with Crippen molar-refractivity contribution in [1.82, 2.24) is 0 Å². The Hall–Kier alpha value is -1.91. The third kappa shape index (κ3) is 7.26. The second-order valence-electron chi connectivity index (χ2n) is 6.73. The molecule has 2 N–H and O–H groups in total. The highest BCUT2D eigenvalue weighted by atomic mass is 16.6. The number of unbranched alkanes of at least 4 members (excludes halogenated alkanes) is 1. The van der Waals surface area contributed by atoms with Crippen LogP contribution in [0.4, 0.5) is 16.2 Å². The normalized spacial score (nSPS) is 12.4. The highest BCUT2D eigenvalue weighted by Crippen LogP contribution is 2.29. The van der Waals surface area contributed by atoms with Crippen molar-refractivity contribution < 1.29 is 14.3 Å². The Morgan fingerprint density at radius 1 is 1.30 bits per heavy atom. The SMILES string of the molecule is CCCCC(C)Nc1ccc(NC(=O)OC(C)(C)C)c(OC)c1. The Balaban J connectivity index is 2.74. The highest BCUT2D eigenvalue weighted by Gasteiger charge is 2.17. The molecule has 0 aliphatic rings. The van der Waals surface area contributed by atoms with Gasteiger partial charge < -0.3 is 14.8 Å². The van der Waals surface area contributed by atoms with Gasteiger partial charge in [0.25, 0.3) is 0 Å². The summed E-state index contributed by atoms with van der Waals surface area (Å²) in [6.07, 6.45) is 3.02. The fourth-order valence-electron chi connectivity index (χ4n) is 2.16. The van der Waals surface area contributed by atoms with Gasteiger partial charge in [-0.1, -0.05) is 19.8 Å². The van der Waals surface area contributed by atoms with Crippen LogP contribution in [-0.2, 0) is 4.74 Å². The Bertz CT molecular complexity index is 509. The van der Waals surface area contributed by atoms with Gasteiger partial charge in [0.05, 0.1) is 12.8 Å². The number of methoxy groups -OCH3 is 1.